The summed E-state index contributed by atoms with van der Waals surface area (Å²) in [6.45, 7) is 1.27. The highest BCUT2D eigenvalue weighted by atomic mass is 16.1. The predicted molar refractivity (Wildman–Crippen MR) is 72.9 cm³/mol. The van der Waals surface area contributed by atoms with Gasteiger partial charge >= 0.3 is 0 Å². The summed E-state index contributed by atoms with van der Waals surface area (Å²) in [6, 6.07) is 0. The quantitative estimate of drug-likeness (QED) is 0.698. The second-order valence-corrected chi connectivity index (χ2v) is 4.81. The monoisotopic (exact) mass is 273 g/mol. The molecule has 0 unspecified atom stereocenters. The van der Waals surface area contributed by atoms with Crippen LogP contribution < -0.4 is 5.56 Å². The molecular formula is C12H15N7O. The van der Waals surface area contributed by atoms with Crippen LogP contribution in [0.1, 0.15) is 11.4 Å². The van der Waals surface area contributed by atoms with E-state index in [1.54, 1.807) is 4.68 Å². The van der Waals surface area contributed by atoms with Crippen molar-refractivity contribution >= 4 is 11.2 Å². The highest BCUT2D eigenvalue weighted by Crippen LogP contribution is 2.05. The first-order valence-electron chi connectivity index (χ1n) is 6.20. The summed E-state index contributed by atoms with van der Waals surface area (Å²) in [4.78, 5) is 27.7. The summed E-state index contributed by atoms with van der Waals surface area (Å²) in [5.74, 6) is 0.598. The molecule has 3 aromatic rings. The van der Waals surface area contributed by atoms with E-state index in [2.05, 4.69) is 25.0 Å². The summed E-state index contributed by atoms with van der Waals surface area (Å²) in [5.41, 5.74) is 1.76. The minimum Gasteiger partial charge on any atom is -0.339 e. The normalized spacial score (nSPS) is 11.6. The molecule has 104 valence electrons. The summed E-state index contributed by atoms with van der Waals surface area (Å²) in [5, 5.41) is 4.13. The Morgan fingerprint density at radius 1 is 1.40 bits per heavy atom. The minimum absolute atomic E-state index is 0.197. The van der Waals surface area contributed by atoms with E-state index in [0.29, 0.717) is 23.5 Å². The number of aryl methyl sites for hydroxylation is 1. The van der Waals surface area contributed by atoms with Crippen molar-refractivity contribution in [1.29, 1.82) is 0 Å². The average molecular weight is 273 g/mol. The molecule has 0 saturated heterocycles. The molecule has 0 aliphatic heterocycles. The number of fused-ring (bicyclic) bond motifs is 1. The van der Waals surface area contributed by atoms with Crippen molar-refractivity contribution in [2.45, 2.75) is 13.1 Å². The molecule has 0 saturated carbocycles. The van der Waals surface area contributed by atoms with Gasteiger partial charge in [-0.2, -0.15) is 5.10 Å². The van der Waals surface area contributed by atoms with Crippen molar-refractivity contribution in [2.75, 3.05) is 7.05 Å². The molecule has 0 fully saturated rings. The van der Waals surface area contributed by atoms with Crippen LogP contribution in [0.5, 0.6) is 0 Å². The van der Waals surface area contributed by atoms with Crippen molar-refractivity contribution < 1.29 is 0 Å². The van der Waals surface area contributed by atoms with Crippen LogP contribution in [0.2, 0.25) is 0 Å². The lowest BCUT2D eigenvalue weighted by Gasteiger charge is -2.14. The van der Waals surface area contributed by atoms with Crippen molar-refractivity contribution in [3.63, 3.8) is 0 Å². The number of hydrogen-bond donors (Lipinski definition) is 2. The maximum Gasteiger partial charge on any atom is 0.277 e. The Morgan fingerprint density at radius 2 is 2.25 bits per heavy atom. The molecule has 3 rings (SSSR count). The van der Waals surface area contributed by atoms with Gasteiger partial charge in [-0.3, -0.25) is 14.4 Å². The van der Waals surface area contributed by atoms with E-state index in [9.17, 15) is 4.79 Å². The van der Waals surface area contributed by atoms with Crippen LogP contribution in [-0.2, 0) is 20.1 Å². The highest BCUT2D eigenvalue weighted by Gasteiger charge is 2.09. The fraction of sp³-hybridized carbons (Fsp3) is 0.333. The van der Waals surface area contributed by atoms with Gasteiger partial charge in [-0.25, -0.2) is 9.97 Å². The number of aromatic nitrogens is 6. The SMILES string of the molecule is CN(Cc1cnn(C)c1)Cc1nc2nc[nH]c2c(=O)[nH]1. The minimum atomic E-state index is -0.197. The molecule has 0 aliphatic rings. The number of rotatable bonds is 4. The molecular weight excluding hydrogens is 258 g/mol. The lowest BCUT2D eigenvalue weighted by Crippen LogP contribution is -2.21. The third-order valence-corrected chi connectivity index (χ3v) is 2.98. The number of H-pyrrole nitrogens is 2. The van der Waals surface area contributed by atoms with Crippen molar-refractivity contribution in [1.82, 2.24) is 34.6 Å². The van der Waals surface area contributed by atoms with Gasteiger partial charge in [-0.1, -0.05) is 0 Å². The molecule has 0 spiro atoms. The molecule has 8 heteroatoms. The lowest BCUT2D eigenvalue weighted by molar-refractivity contribution is 0.310. The van der Waals surface area contributed by atoms with Gasteiger partial charge in [-0.15, -0.1) is 0 Å². The number of hydrogen-bond acceptors (Lipinski definition) is 5. The van der Waals surface area contributed by atoms with E-state index < -0.39 is 0 Å². The van der Waals surface area contributed by atoms with E-state index >= 15 is 0 Å². The Labute approximate surface area is 114 Å². The molecule has 0 bridgehead atoms. The van der Waals surface area contributed by atoms with Crippen LogP contribution in [0.25, 0.3) is 11.2 Å². The van der Waals surface area contributed by atoms with E-state index in [4.69, 9.17) is 0 Å². The first-order chi connectivity index (χ1) is 9.61. The second-order valence-electron chi connectivity index (χ2n) is 4.81. The van der Waals surface area contributed by atoms with Gasteiger partial charge in [0.1, 0.15) is 5.82 Å². The zero-order chi connectivity index (χ0) is 14.1. The first-order valence-corrected chi connectivity index (χ1v) is 6.20. The Balaban J connectivity index is 1.76. The molecule has 8 nitrogen and oxygen atoms in total. The maximum atomic E-state index is 11.8. The topological polar surface area (TPSA) is 95.5 Å². The number of nitrogens with one attached hydrogen (secondary N) is 2. The number of aromatic amines is 2. The molecule has 0 aromatic carbocycles. The molecule has 0 amide bonds. The van der Waals surface area contributed by atoms with Crippen LogP contribution in [0, 0.1) is 0 Å². The van der Waals surface area contributed by atoms with Gasteiger partial charge in [-0.05, 0) is 7.05 Å². The van der Waals surface area contributed by atoms with Gasteiger partial charge in [0.2, 0.25) is 0 Å². The molecule has 0 atom stereocenters. The Morgan fingerprint density at radius 3 is 3.00 bits per heavy atom. The number of imidazole rings is 1. The second kappa shape index (κ2) is 4.89. The van der Waals surface area contributed by atoms with E-state index in [1.165, 1.54) is 6.33 Å². The highest BCUT2D eigenvalue weighted by molar-refractivity contribution is 5.67. The molecule has 3 aromatic heterocycles. The molecule has 3 heterocycles. The van der Waals surface area contributed by atoms with Crippen molar-refractivity contribution in [2.24, 2.45) is 7.05 Å². The van der Waals surface area contributed by atoms with Gasteiger partial charge in [0.05, 0.1) is 19.1 Å². The van der Waals surface area contributed by atoms with E-state index in [1.807, 2.05) is 31.4 Å². The zero-order valence-electron chi connectivity index (χ0n) is 11.3. The molecule has 20 heavy (non-hydrogen) atoms. The van der Waals surface area contributed by atoms with Crippen LogP contribution in [0.3, 0.4) is 0 Å². The Bertz CT molecular complexity index is 784. The van der Waals surface area contributed by atoms with Gasteiger partial charge < -0.3 is 9.97 Å². The predicted octanol–water partition coefficient (Wildman–Crippen LogP) is 0.0117. The maximum absolute atomic E-state index is 11.8. The van der Waals surface area contributed by atoms with Gasteiger partial charge in [0.25, 0.3) is 5.56 Å². The Kier molecular flexibility index (Phi) is 3.07. The van der Waals surface area contributed by atoms with Crippen LogP contribution in [0.15, 0.2) is 23.5 Å². The largest absolute Gasteiger partial charge is 0.339 e. The number of nitrogens with zero attached hydrogens (tertiary/aromatic N) is 5. The van der Waals surface area contributed by atoms with E-state index in [0.717, 1.165) is 12.1 Å². The fourth-order valence-corrected chi connectivity index (χ4v) is 2.14. The van der Waals surface area contributed by atoms with Crippen LogP contribution >= 0.6 is 0 Å². The van der Waals surface area contributed by atoms with Gasteiger partial charge in [0, 0.05) is 25.4 Å². The summed E-state index contributed by atoms with van der Waals surface area (Å²) < 4.78 is 1.76. The zero-order valence-corrected chi connectivity index (χ0v) is 11.3. The van der Waals surface area contributed by atoms with E-state index in [-0.39, 0.29) is 5.56 Å². The molecule has 0 aliphatic carbocycles. The lowest BCUT2D eigenvalue weighted by atomic mass is 10.3. The summed E-state index contributed by atoms with van der Waals surface area (Å²) >= 11 is 0. The molecule has 2 N–H and O–H groups in total. The summed E-state index contributed by atoms with van der Waals surface area (Å²) in [6.07, 6.45) is 5.25. The smallest absolute Gasteiger partial charge is 0.277 e. The third-order valence-electron chi connectivity index (χ3n) is 2.98. The van der Waals surface area contributed by atoms with Crippen LogP contribution in [-0.4, -0.2) is 41.7 Å². The van der Waals surface area contributed by atoms with Crippen molar-refractivity contribution in [3.8, 4) is 0 Å². The standard InChI is InChI=1S/C12H15N7O/c1-18(4-8-3-15-19(2)5-8)6-9-16-11-10(12(20)17-9)13-7-14-11/h3,5,7H,4,6H2,1-2H3,(H2,13,14,16,17,20). The average Bonchev–Trinajstić information content (AvgIpc) is 2.98. The molecule has 0 radical (unpaired) electrons. The Hall–Kier alpha value is -2.48. The third kappa shape index (κ3) is 2.45. The van der Waals surface area contributed by atoms with Gasteiger partial charge in [0.15, 0.2) is 11.2 Å². The van der Waals surface area contributed by atoms with Crippen molar-refractivity contribution in [3.05, 3.63) is 40.5 Å². The first kappa shape index (κ1) is 12.5. The summed E-state index contributed by atoms with van der Waals surface area (Å²) in [7, 11) is 3.84. The fourth-order valence-electron chi connectivity index (χ4n) is 2.14. The van der Waals surface area contributed by atoms with Crippen LogP contribution in [0.4, 0.5) is 0 Å².